The van der Waals surface area contributed by atoms with Gasteiger partial charge in [0.15, 0.2) is 0 Å². The van der Waals surface area contributed by atoms with Gasteiger partial charge in [0.2, 0.25) is 5.95 Å². The molecule has 3 heterocycles. The van der Waals surface area contributed by atoms with E-state index < -0.39 is 0 Å². The van der Waals surface area contributed by atoms with Crippen LogP contribution >= 0.6 is 0 Å². The SMILES string of the molecule is CC(c1ccccc1)c1cc(-c2cnc(N)nc2)nc(N2CCCCC2)c1. The maximum atomic E-state index is 5.65. The average molecular weight is 359 g/mol. The smallest absolute Gasteiger partial charge is 0.219 e. The number of nitrogen functional groups attached to an aromatic ring is 1. The molecule has 1 aliphatic heterocycles. The highest BCUT2D eigenvalue weighted by Gasteiger charge is 2.17. The van der Waals surface area contributed by atoms with Crippen molar-refractivity contribution in [2.24, 2.45) is 0 Å². The Bertz CT molecular complexity index is 886. The first-order valence-electron chi connectivity index (χ1n) is 9.60. The fraction of sp³-hybridized carbons (Fsp3) is 0.318. The summed E-state index contributed by atoms with van der Waals surface area (Å²) in [6.07, 6.45) is 7.25. The van der Waals surface area contributed by atoms with Crippen LogP contribution in [0.15, 0.2) is 54.9 Å². The van der Waals surface area contributed by atoms with Crippen LogP contribution in [0.2, 0.25) is 0 Å². The van der Waals surface area contributed by atoms with Crippen LogP contribution in [-0.2, 0) is 0 Å². The van der Waals surface area contributed by atoms with Crippen molar-refractivity contribution in [1.29, 1.82) is 0 Å². The molecule has 0 spiro atoms. The highest BCUT2D eigenvalue weighted by molar-refractivity contribution is 5.62. The molecule has 5 heteroatoms. The number of hydrogen-bond acceptors (Lipinski definition) is 5. The van der Waals surface area contributed by atoms with Gasteiger partial charge in [-0.2, -0.15) is 0 Å². The van der Waals surface area contributed by atoms with E-state index in [1.54, 1.807) is 12.4 Å². The van der Waals surface area contributed by atoms with Crippen molar-refractivity contribution in [3.05, 3.63) is 66.0 Å². The molecular weight excluding hydrogens is 334 g/mol. The number of aromatic nitrogens is 3. The fourth-order valence-corrected chi connectivity index (χ4v) is 3.62. The van der Waals surface area contributed by atoms with Gasteiger partial charge in [-0.15, -0.1) is 0 Å². The van der Waals surface area contributed by atoms with E-state index in [0.717, 1.165) is 30.2 Å². The molecule has 27 heavy (non-hydrogen) atoms. The van der Waals surface area contributed by atoms with Crippen LogP contribution in [0.3, 0.4) is 0 Å². The number of pyridine rings is 1. The van der Waals surface area contributed by atoms with E-state index in [2.05, 4.69) is 64.3 Å². The zero-order valence-corrected chi connectivity index (χ0v) is 15.7. The first-order chi connectivity index (χ1) is 13.2. The second-order valence-electron chi connectivity index (χ2n) is 7.15. The molecule has 1 atom stereocenters. The first kappa shape index (κ1) is 17.5. The molecule has 0 amide bonds. The van der Waals surface area contributed by atoms with Crippen LogP contribution in [0.25, 0.3) is 11.3 Å². The Kier molecular flexibility index (Phi) is 5.01. The summed E-state index contributed by atoms with van der Waals surface area (Å²) >= 11 is 0. The lowest BCUT2D eigenvalue weighted by molar-refractivity contribution is 0.573. The Morgan fingerprint density at radius 2 is 1.63 bits per heavy atom. The molecule has 3 aromatic rings. The number of nitrogens with zero attached hydrogens (tertiary/aromatic N) is 4. The summed E-state index contributed by atoms with van der Waals surface area (Å²) < 4.78 is 0. The predicted molar refractivity (Wildman–Crippen MR) is 110 cm³/mol. The minimum Gasteiger partial charge on any atom is -0.368 e. The lowest BCUT2D eigenvalue weighted by atomic mass is 9.92. The molecule has 1 aliphatic rings. The lowest BCUT2D eigenvalue weighted by Gasteiger charge is -2.29. The van der Waals surface area contributed by atoms with Crippen LogP contribution < -0.4 is 10.6 Å². The van der Waals surface area contributed by atoms with Crippen molar-refractivity contribution in [2.45, 2.75) is 32.1 Å². The van der Waals surface area contributed by atoms with Crippen molar-refractivity contribution >= 4 is 11.8 Å². The molecule has 4 rings (SSSR count). The van der Waals surface area contributed by atoms with Crippen molar-refractivity contribution in [3.8, 4) is 11.3 Å². The van der Waals surface area contributed by atoms with Gasteiger partial charge in [0, 0.05) is 37.0 Å². The first-order valence-corrected chi connectivity index (χ1v) is 9.60. The third-order valence-electron chi connectivity index (χ3n) is 5.28. The number of anilines is 2. The van der Waals surface area contributed by atoms with E-state index in [0.29, 0.717) is 0 Å². The van der Waals surface area contributed by atoms with E-state index in [4.69, 9.17) is 10.7 Å². The van der Waals surface area contributed by atoms with Crippen LogP contribution in [0.5, 0.6) is 0 Å². The number of benzene rings is 1. The Balaban J connectivity index is 1.77. The Morgan fingerprint density at radius 3 is 2.33 bits per heavy atom. The van der Waals surface area contributed by atoms with Gasteiger partial charge in [0.25, 0.3) is 0 Å². The Hall–Kier alpha value is -2.95. The monoisotopic (exact) mass is 359 g/mol. The Morgan fingerprint density at radius 1 is 0.926 bits per heavy atom. The summed E-state index contributed by atoms with van der Waals surface area (Å²) in [7, 11) is 0. The second-order valence-corrected chi connectivity index (χ2v) is 7.15. The largest absolute Gasteiger partial charge is 0.368 e. The van der Waals surface area contributed by atoms with Crippen LogP contribution in [0.1, 0.15) is 43.2 Å². The molecule has 0 radical (unpaired) electrons. The van der Waals surface area contributed by atoms with Crippen LogP contribution in [0, 0.1) is 0 Å². The molecule has 1 saturated heterocycles. The van der Waals surface area contributed by atoms with Gasteiger partial charge in [-0.25, -0.2) is 15.0 Å². The molecule has 5 nitrogen and oxygen atoms in total. The van der Waals surface area contributed by atoms with E-state index in [9.17, 15) is 0 Å². The molecule has 0 bridgehead atoms. The number of hydrogen-bond donors (Lipinski definition) is 1. The van der Waals surface area contributed by atoms with Crippen molar-refractivity contribution < 1.29 is 0 Å². The topological polar surface area (TPSA) is 67.9 Å². The minimum absolute atomic E-state index is 0.281. The molecule has 1 unspecified atom stereocenters. The predicted octanol–water partition coefficient (Wildman–Crippen LogP) is 4.26. The zero-order valence-electron chi connectivity index (χ0n) is 15.7. The highest BCUT2D eigenvalue weighted by Crippen LogP contribution is 2.31. The van der Waals surface area contributed by atoms with Gasteiger partial charge in [0.1, 0.15) is 5.82 Å². The van der Waals surface area contributed by atoms with Gasteiger partial charge >= 0.3 is 0 Å². The molecule has 1 fully saturated rings. The van der Waals surface area contributed by atoms with Crippen molar-refractivity contribution in [3.63, 3.8) is 0 Å². The molecule has 2 aromatic heterocycles. The minimum atomic E-state index is 0.281. The molecule has 138 valence electrons. The maximum absolute atomic E-state index is 5.65. The summed E-state index contributed by atoms with van der Waals surface area (Å²) in [6, 6.07) is 15.0. The van der Waals surface area contributed by atoms with Gasteiger partial charge in [-0.05, 0) is 42.5 Å². The van der Waals surface area contributed by atoms with Gasteiger partial charge in [-0.1, -0.05) is 37.3 Å². The normalized spacial score (nSPS) is 15.5. The fourth-order valence-electron chi connectivity index (χ4n) is 3.62. The maximum Gasteiger partial charge on any atom is 0.219 e. The van der Waals surface area contributed by atoms with Gasteiger partial charge in [-0.3, -0.25) is 0 Å². The quantitative estimate of drug-likeness (QED) is 0.754. The van der Waals surface area contributed by atoms with Gasteiger partial charge < -0.3 is 10.6 Å². The van der Waals surface area contributed by atoms with E-state index >= 15 is 0 Å². The molecule has 0 aliphatic carbocycles. The molecule has 1 aromatic carbocycles. The van der Waals surface area contributed by atoms with Gasteiger partial charge in [0.05, 0.1) is 5.69 Å². The average Bonchev–Trinajstić information content (AvgIpc) is 2.74. The van der Waals surface area contributed by atoms with Crippen LogP contribution in [0.4, 0.5) is 11.8 Å². The Labute approximate surface area is 160 Å². The number of piperidine rings is 1. The third kappa shape index (κ3) is 3.92. The summed E-state index contributed by atoms with van der Waals surface area (Å²) in [4.78, 5) is 15.6. The van der Waals surface area contributed by atoms with Crippen molar-refractivity contribution in [1.82, 2.24) is 15.0 Å². The molecule has 0 saturated carbocycles. The van der Waals surface area contributed by atoms with E-state index in [1.807, 2.05) is 0 Å². The molecular formula is C22H25N5. The summed E-state index contributed by atoms with van der Waals surface area (Å²) in [5.74, 6) is 1.61. The highest BCUT2D eigenvalue weighted by atomic mass is 15.2. The summed E-state index contributed by atoms with van der Waals surface area (Å²) in [5.41, 5.74) is 10.00. The van der Waals surface area contributed by atoms with E-state index in [1.165, 1.54) is 30.4 Å². The zero-order chi connectivity index (χ0) is 18.6. The summed E-state index contributed by atoms with van der Waals surface area (Å²) in [5, 5.41) is 0. The van der Waals surface area contributed by atoms with Crippen LogP contribution in [-0.4, -0.2) is 28.0 Å². The van der Waals surface area contributed by atoms with E-state index in [-0.39, 0.29) is 11.9 Å². The number of rotatable bonds is 4. The van der Waals surface area contributed by atoms with Crippen molar-refractivity contribution in [2.75, 3.05) is 23.7 Å². The third-order valence-corrected chi connectivity index (χ3v) is 5.28. The standard InChI is InChI=1S/C22H25N5/c1-16(17-8-4-2-5-9-17)18-12-20(19-14-24-22(23)25-15-19)26-21(13-18)27-10-6-3-7-11-27/h2,4-5,8-9,12-16H,3,6-7,10-11H2,1H3,(H2,23,24,25). The second kappa shape index (κ2) is 7.74. The summed E-state index contributed by atoms with van der Waals surface area (Å²) in [6.45, 7) is 4.37. The number of nitrogens with two attached hydrogens (primary N) is 1. The lowest BCUT2D eigenvalue weighted by Crippen LogP contribution is -2.30. The molecule has 2 N–H and O–H groups in total.